The van der Waals surface area contributed by atoms with E-state index in [2.05, 4.69) is 168 Å². The minimum atomic E-state index is 0.446. The summed E-state index contributed by atoms with van der Waals surface area (Å²) in [5.74, 6) is 0.723. The molecule has 2 aromatic heterocycles. The largest absolute Gasteiger partial charge is 0.309 e. The van der Waals surface area contributed by atoms with Gasteiger partial charge >= 0.3 is 0 Å². The zero-order valence-corrected chi connectivity index (χ0v) is 30.2. The molecule has 0 saturated heterocycles. The first-order chi connectivity index (χ1) is 26.2. The molecule has 0 radical (unpaired) electrons. The molecule has 53 heavy (non-hydrogen) atoms. The van der Waals surface area contributed by atoms with Crippen LogP contribution in [0.15, 0.2) is 186 Å². The highest BCUT2D eigenvalue weighted by Crippen LogP contribution is 2.50. The summed E-state index contributed by atoms with van der Waals surface area (Å²) >= 11 is 3.98. The maximum Gasteiger partial charge on any atom is 0.160 e. The van der Waals surface area contributed by atoms with Gasteiger partial charge in [-0.1, -0.05) is 127 Å². The molecule has 0 N–H and O–H groups in total. The molecule has 3 heterocycles. The number of aromatic nitrogens is 3. The van der Waals surface area contributed by atoms with E-state index in [1.165, 1.54) is 42.4 Å². The Balaban J connectivity index is 1.07. The molecule has 1 unspecified atom stereocenters. The van der Waals surface area contributed by atoms with Crippen molar-refractivity contribution in [2.75, 3.05) is 0 Å². The average molecular weight is 714 g/mol. The second kappa shape index (κ2) is 12.4. The Labute approximate surface area is 315 Å². The zero-order valence-electron chi connectivity index (χ0n) is 28.6. The Morgan fingerprint density at radius 3 is 1.91 bits per heavy atom. The highest BCUT2D eigenvalue weighted by atomic mass is 32.2. The minimum Gasteiger partial charge on any atom is -0.309 e. The van der Waals surface area contributed by atoms with E-state index in [0.29, 0.717) is 10.5 Å². The van der Waals surface area contributed by atoms with Crippen LogP contribution in [0.3, 0.4) is 0 Å². The van der Waals surface area contributed by atoms with Gasteiger partial charge in [-0.3, -0.25) is 0 Å². The van der Waals surface area contributed by atoms with Crippen molar-refractivity contribution in [2.24, 2.45) is 0 Å². The fourth-order valence-corrected chi connectivity index (χ4v) is 10.6. The van der Waals surface area contributed by atoms with Crippen molar-refractivity contribution >= 4 is 67.0 Å². The molecule has 0 bridgehead atoms. The van der Waals surface area contributed by atoms with Gasteiger partial charge in [0.15, 0.2) is 5.82 Å². The molecule has 0 fully saturated rings. The van der Waals surface area contributed by atoms with E-state index in [0.717, 1.165) is 50.4 Å². The number of para-hydroxylation sites is 1. The summed E-state index contributed by atoms with van der Waals surface area (Å²) in [4.78, 5) is 12.9. The number of hydrogen-bond acceptors (Lipinski definition) is 4. The van der Waals surface area contributed by atoms with E-state index < -0.39 is 0 Å². The second-order valence-corrected chi connectivity index (χ2v) is 16.2. The summed E-state index contributed by atoms with van der Waals surface area (Å²) in [6.45, 7) is 0. The zero-order chi connectivity index (χ0) is 34.9. The lowest BCUT2D eigenvalue weighted by molar-refractivity contribution is 1.04. The third-order valence-electron chi connectivity index (χ3n) is 10.5. The van der Waals surface area contributed by atoms with Crippen LogP contribution in [-0.4, -0.2) is 25.0 Å². The fraction of sp³-hybridized carbons (Fsp3) is 0.0417. The summed E-state index contributed by atoms with van der Waals surface area (Å²) < 4.78 is 2.47. The van der Waals surface area contributed by atoms with Crippen LogP contribution in [0.5, 0.6) is 0 Å². The van der Waals surface area contributed by atoms with Gasteiger partial charge in [-0.15, -0.1) is 23.5 Å². The summed E-state index contributed by atoms with van der Waals surface area (Å²) in [7, 11) is 0. The van der Waals surface area contributed by atoms with Gasteiger partial charge < -0.3 is 4.57 Å². The van der Waals surface area contributed by atoms with Crippen molar-refractivity contribution < 1.29 is 0 Å². The molecule has 1 aliphatic carbocycles. The average Bonchev–Trinajstić information content (AvgIpc) is 3.52. The third kappa shape index (κ3) is 5.22. The van der Waals surface area contributed by atoms with Crippen LogP contribution < -0.4 is 0 Å². The van der Waals surface area contributed by atoms with E-state index in [4.69, 9.17) is 9.97 Å². The predicted octanol–water partition coefficient (Wildman–Crippen LogP) is 12.9. The number of nitrogens with zero attached hydrogens (tertiary/aromatic N) is 3. The van der Waals surface area contributed by atoms with E-state index in [1.807, 2.05) is 35.7 Å². The fourth-order valence-electron chi connectivity index (χ4n) is 7.93. The molecular weight excluding hydrogens is 683 g/mol. The van der Waals surface area contributed by atoms with E-state index >= 15 is 0 Å². The molecule has 2 aliphatic rings. The first-order valence-corrected chi connectivity index (χ1v) is 19.7. The maximum atomic E-state index is 5.16. The molecule has 3 nitrogen and oxygen atoms in total. The molecule has 2 atom stereocenters. The van der Waals surface area contributed by atoms with E-state index in [9.17, 15) is 0 Å². The van der Waals surface area contributed by atoms with Gasteiger partial charge in [-0.05, 0) is 70.4 Å². The Bertz CT molecular complexity index is 2980. The van der Waals surface area contributed by atoms with Gasteiger partial charge in [0.05, 0.1) is 22.2 Å². The van der Waals surface area contributed by atoms with Crippen LogP contribution >= 0.6 is 23.5 Å². The van der Waals surface area contributed by atoms with Crippen molar-refractivity contribution in [3.8, 4) is 39.5 Å². The molecule has 0 spiro atoms. The van der Waals surface area contributed by atoms with Gasteiger partial charge in [0.2, 0.25) is 0 Å². The highest BCUT2D eigenvalue weighted by molar-refractivity contribution is 8.06. The number of hydrogen-bond donors (Lipinski definition) is 0. The van der Waals surface area contributed by atoms with Gasteiger partial charge in [0.25, 0.3) is 0 Å². The Morgan fingerprint density at radius 2 is 1.08 bits per heavy atom. The van der Waals surface area contributed by atoms with Crippen LogP contribution in [0, 0.1) is 0 Å². The first-order valence-electron chi connectivity index (χ1n) is 18.0. The number of fused-ring (bicyclic) bond motifs is 7. The molecule has 0 amide bonds. The summed E-state index contributed by atoms with van der Waals surface area (Å²) in [6.07, 6.45) is 9.08. The Hall–Kier alpha value is -5.88. The van der Waals surface area contributed by atoms with Crippen molar-refractivity contribution in [2.45, 2.75) is 20.3 Å². The molecule has 9 aromatic rings. The van der Waals surface area contributed by atoms with Gasteiger partial charge in [-0.25, -0.2) is 9.97 Å². The molecule has 11 rings (SSSR count). The lowest BCUT2D eigenvalue weighted by Gasteiger charge is -2.29. The molecule has 250 valence electrons. The molecular formula is C48H31N3S2. The van der Waals surface area contributed by atoms with Crippen molar-refractivity contribution in [3.05, 3.63) is 176 Å². The number of benzene rings is 7. The number of thioether (sulfide) groups is 2. The van der Waals surface area contributed by atoms with Crippen LogP contribution in [0.1, 0.15) is 0 Å². The van der Waals surface area contributed by atoms with Crippen LogP contribution in [-0.2, 0) is 0 Å². The molecule has 5 heteroatoms. The third-order valence-corrected chi connectivity index (χ3v) is 13.4. The Kier molecular flexibility index (Phi) is 7.17. The van der Waals surface area contributed by atoms with Gasteiger partial charge in [0, 0.05) is 53.3 Å². The highest BCUT2D eigenvalue weighted by Gasteiger charge is 2.29. The SMILES string of the molecule is C1=CC2Sc3cc4c(cc3S[C@H]2C=C1)c1cc2ccccc2cc1n4-c1cccc(-c2cccc(-c3nc(-c4ccccc4)c4ccccc4n3)c2)c1. The Morgan fingerprint density at radius 1 is 0.453 bits per heavy atom. The summed E-state index contributed by atoms with van der Waals surface area (Å²) in [5, 5.41) is 7.03. The van der Waals surface area contributed by atoms with Gasteiger partial charge in [-0.2, -0.15) is 0 Å². The number of rotatable bonds is 4. The topological polar surface area (TPSA) is 30.7 Å². The van der Waals surface area contributed by atoms with Crippen LogP contribution in [0.2, 0.25) is 0 Å². The predicted molar refractivity (Wildman–Crippen MR) is 225 cm³/mol. The van der Waals surface area contributed by atoms with E-state index in [1.54, 1.807) is 0 Å². The number of allylic oxidation sites excluding steroid dienone is 2. The van der Waals surface area contributed by atoms with Crippen molar-refractivity contribution in [3.63, 3.8) is 0 Å². The van der Waals surface area contributed by atoms with Crippen molar-refractivity contribution in [1.29, 1.82) is 0 Å². The first kappa shape index (κ1) is 30.7. The lowest BCUT2D eigenvalue weighted by Crippen LogP contribution is -2.20. The maximum absolute atomic E-state index is 5.16. The van der Waals surface area contributed by atoms with Gasteiger partial charge in [0.1, 0.15) is 0 Å². The van der Waals surface area contributed by atoms with Crippen LogP contribution in [0.25, 0.3) is 82.9 Å². The second-order valence-electron chi connectivity index (χ2n) is 13.7. The standard InChI is InChI=1S/C48H31N3S2/c1-2-12-30(13-3-1)47-37-20-6-7-21-40(37)49-48(50-47)35-18-10-16-31(24-35)32-17-11-19-36(25-32)51-41-27-34-15-5-4-14-33(34)26-38(41)39-28-45-46(29-42(39)51)53-44-23-9-8-22-43(44)52-45/h1-29,43-44H/t43-,44?/m0/s1. The summed E-state index contributed by atoms with van der Waals surface area (Å²) in [5.41, 5.74) is 9.83. The van der Waals surface area contributed by atoms with E-state index in [-0.39, 0.29) is 0 Å². The normalized spacial score (nSPS) is 16.4. The molecule has 0 saturated carbocycles. The summed E-state index contributed by atoms with van der Waals surface area (Å²) in [6, 6.07) is 54.6. The lowest BCUT2D eigenvalue weighted by atomic mass is 10.0. The smallest absolute Gasteiger partial charge is 0.160 e. The van der Waals surface area contributed by atoms with Crippen LogP contribution in [0.4, 0.5) is 0 Å². The van der Waals surface area contributed by atoms with Crippen molar-refractivity contribution in [1.82, 2.24) is 14.5 Å². The quantitative estimate of drug-likeness (QED) is 0.182. The molecule has 1 aliphatic heterocycles. The molecule has 7 aromatic carbocycles. The minimum absolute atomic E-state index is 0.446. The monoisotopic (exact) mass is 713 g/mol.